The number of carbonyl (C=O) groups excluding carboxylic acids is 1. The molecular weight excluding hydrogens is 416 g/mol. The summed E-state index contributed by atoms with van der Waals surface area (Å²) < 4.78 is 5.38. The Morgan fingerprint density at radius 2 is 1.87 bits per heavy atom. The Kier molecular flexibility index (Phi) is 5.71. The highest BCUT2D eigenvalue weighted by Gasteiger charge is 2.36. The van der Waals surface area contributed by atoms with Crippen LogP contribution in [-0.4, -0.2) is 39.3 Å². The minimum Gasteiger partial charge on any atom is -0.356 e. The van der Waals surface area contributed by atoms with Crippen LogP contribution in [0.15, 0.2) is 45.7 Å². The van der Waals surface area contributed by atoms with E-state index in [0.717, 1.165) is 29.8 Å². The Morgan fingerprint density at radius 1 is 1.19 bits per heavy atom. The van der Waals surface area contributed by atoms with Gasteiger partial charge in [0.15, 0.2) is 5.76 Å². The molecule has 8 heteroatoms. The number of amides is 1. The third-order valence-electron chi connectivity index (χ3n) is 6.00. The summed E-state index contributed by atoms with van der Waals surface area (Å²) >= 11 is 6.00. The Labute approximate surface area is 185 Å². The molecule has 4 rings (SSSR count). The average molecular weight is 441 g/mol. The van der Waals surface area contributed by atoms with Crippen molar-refractivity contribution in [2.75, 3.05) is 13.1 Å². The van der Waals surface area contributed by atoms with Gasteiger partial charge in [-0.3, -0.25) is 9.59 Å². The molecule has 3 heterocycles. The van der Waals surface area contributed by atoms with Crippen molar-refractivity contribution >= 4 is 17.5 Å². The summed E-state index contributed by atoms with van der Waals surface area (Å²) in [6.45, 7) is 6.96. The molecule has 1 amide bonds. The fraction of sp³-hybridized carbons (Fsp3) is 0.391. The number of aromatic nitrogens is 3. The van der Waals surface area contributed by atoms with Gasteiger partial charge in [-0.25, -0.2) is 5.10 Å². The van der Waals surface area contributed by atoms with Gasteiger partial charge in [0.05, 0.1) is 16.8 Å². The predicted molar refractivity (Wildman–Crippen MR) is 118 cm³/mol. The summed E-state index contributed by atoms with van der Waals surface area (Å²) in [6.07, 6.45) is 1.50. The van der Waals surface area contributed by atoms with E-state index < -0.39 is 5.41 Å². The number of carbonyl (C=O) groups is 1. The molecule has 0 unspecified atom stereocenters. The Bertz CT molecular complexity index is 1140. The van der Waals surface area contributed by atoms with E-state index >= 15 is 0 Å². The van der Waals surface area contributed by atoms with Gasteiger partial charge in [-0.2, -0.15) is 5.10 Å². The Hall–Kier alpha value is -2.93. The van der Waals surface area contributed by atoms with Crippen molar-refractivity contribution in [3.05, 3.63) is 68.7 Å². The van der Waals surface area contributed by atoms with Gasteiger partial charge >= 0.3 is 0 Å². The quantitative estimate of drug-likeness (QED) is 0.660. The van der Waals surface area contributed by atoms with Crippen LogP contribution in [0.5, 0.6) is 0 Å². The molecule has 0 saturated carbocycles. The second-order valence-electron chi connectivity index (χ2n) is 8.56. The number of hydrogen-bond donors (Lipinski definition) is 1. The van der Waals surface area contributed by atoms with Gasteiger partial charge in [-0.1, -0.05) is 28.9 Å². The molecule has 2 aromatic heterocycles. The molecule has 1 N–H and O–H groups in total. The molecule has 0 radical (unpaired) electrons. The summed E-state index contributed by atoms with van der Waals surface area (Å²) in [6, 6.07) is 10.7. The van der Waals surface area contributed by atoms with Crippen molar-refractivity contribution in [2.24, 2.45) is 0 Å². The zero-order valence-electron chi connectivity index (χ0n) is 17.8. The van der Waals surface area contributed by atoms with Gasteiger partial charge in [-0.15, -0.1) is 0 Å². The highest BCUT2D eigenvalue weighted by atomic mass is 35.5. The van der Waals surface area contributed by atoms with Crippen LogP contribution in [0.25, 0.3) is 11.3 Å². The number of piperidine rings is 1. The molecule has 0 atom stereocenters. The topological polar surface area (TPSA) is 92.1 Å². The van der Waals surface area contributed by atoms with Crippen molar-refractivity contribution in [3.63, 3.8) is 0 Å². The van der Waals surface area contributed by atoms with Gasteiger partial charge in [0.1, 0.15) is 0 Å². The fourth-order valence-electron chi connectivity index (χ4n) is 4.15. The van der Waals surface area contributed by atoms with Gasteiger partial charge in [0, 0.05) is 41.7 Å². The second kappa shape index (κ2) is 8.30. The smallest absolute Gasteiger partial charge is 0.264 e. The van der Waals surface area contributed by atoms with E-state index in [-0.39, 0.29) is 17.4 Å². The second-order valence-corrected chi connectivity index (χ2v) is 9.00. The first-order chi connectivity index (χ1) is 14.8. The summed E-state index contributed by atoms with van der Waals surface area (Å²) in [5.41, 5.74) is 2.19. The lowest BCUT2D eigenvalue weighted by Crippen LogP contribution is -2.46. The number of hydrogen-bond acceptors (Lipinski definition) is 5. The fourth-order valence-corrected chi connectivity index (χ4v) is 4.28. The van der Waals surface area contributed by atoms with Crippen LogP contribution >= 0.6 is 11.6 Å². The highest BCUT2D eigenvalue weighted by molar-refractivity contribution is 6.30. The lowest BCUT2D eigenvalue weighted by Gasteiger charge is -2.37. The van der Waals surface area contributed by atoms with Gasteiger partial charge in [0.25, 0.3) is 5.56 Å². The predicted octanol–water partition coefficient (Wildman–Crippen LogP) is 4.07. The number of likely N-dealkylation sites (tertiary alicyclic amines) is 1. The number of rotatable bonds is 4. The van der Waals surface area contributed by atoms with Gasteiger partial charge in [0.2, 0.25) is 5.91 Å². The van der Waals surface area contributed by atoms with Crippen molar-refractivity contribution in [1.82, 2.24) is 20.3 Å². The number of benzene rings is 1. The zero-order valence-corrected chi connectivity index (χ0v) is 18.6. The minimum atomic E-state index is -0.643. The molecule has 0 aliphatic carbocycles. The molecule has 1 aliphatic rings. The van der Waals surface area contributed by atoms with Crippen LogP contribution in [0, 0.1) is 6.92 Å². The number of halogens is 1. The summed E-state index contributed by atoms with van der Waals surface area (Å²) in [5, 5.41) is 11.4. The number of nitrogens with zero attached hydrogens (tertiary/aromatic N) is 3. The molecule has 0 spiro atoms. The summed E-state index contributed by atoms with van der Waals surface area (Å²) in [5.74, 6) is 0.738. The maximum Gasteiger partial charge on any atom is 0.264 e. The summed E-state index contributed by atoms with van der Waals surface area (Å²) in [4.78, 5) is 27.1. The average Bonchev–Trinajstić information content (AvgIpc) is 3.20. The lowest BCUT2D eigenvalue weighted by molar-refractivity contribution is -0.137. The van der Waals surface area contributed by atoms with E-state index in [1.54, 1.807) is 6.07 Å². The molecule has 1 aromatic carbocycles. The summed E-state index contributed by atoms with van der Waals surface area (Å²) in [7, 11) is 0. The molecule has 1 saturated heterocycles. The number of aromatic amines is 1. The molecule has 162 valence electrons. The Morgan fingerprint density at radius 3 is 2.48 bits per heavy atom. The van der Waals surface area contributed by atoms with E-state index in [4.69, 9.17) is 16.1 Å². The van der Waals surface area contributed by atoms with Crippen LogP contribution in [-0.2, 0) is 10.2 Å². The number of aryl methyl sites for hydroxylation is 1. The third kappa shape index (κ3) is 4.28. The highest BCUT2D eigenvalue weighted by Crippen LogP contribution is 2.35. The first-order valence-electron chi connectivity index (χ1n) is 10.3. The lowest BCUT2D eigenvalue weighted by atomic mass is 9.82. The van der Waals surface area contributed by atoms with Crippen molar-refractivity contribution in [3.8, 4) is 11.3 Å². The molecule has 1 fully saturated rings. The van der Waals surface area contributed by atoms with Crippen LogP contribution in [0.1, 0.15) is 49.6 Å². The standard InChI is InChI=1S/C23H25ClN4O3/c1-14-12-19(31-27-14)18-13-20(29)25-26-21(18)15-8-10-28(11-9-15)22(30)23(2,3)16-4-6-17(24)7-5-16/h4-7,12-13,15H,8-11H2,1-3H3,(H,25,29). The van der Waals surface area contributed by atoms with E-state index in [0.29, 0.717) is 29.4 Å². The van der Waals surface area contributed by atoms with Crippen molar-refractivity contribution < 1.29 is 9.32 Å². The van der Waals surface area contributed by atoms with Gasteiger partial charge < -0.3 is 9.42 Å². The molecular formula is C23H25ClN4O3. The van der Waals surface area contributed by atoms with E-state index in [1.165, 1.54) is 6.07 Å². The van der Waals surface area contributed by atoms with E-state index in [1.807, 2.05) is 49.9 Å². The molecule has 1 aliphatic heterocycles. The monoisotopic (exact) mass is 440 g/mol. The first kappa shape index (κ1) is 21.3. The van der Waals surface area contributed by atoms with Crippen molar-refractivity contribution in [1.29, 1.82) is 0 Å². The normalized spacial score (nSPS) is 15.3. The van der Waals surface area contributed by atoms with Crippen LogP contribution in [0.4, 0.5) is 0 Å². The Balaban J connectivity index is 1.51. The van der Waals surface area contributed by atoms with Gasteiger partial charge in [-0.05, 0) is 51.3 Å². The van der Waals surface area contributed by atoms with Crippen LogP contribution in [0.2, 0.25) is 5.02 Å². The zero-order chi connectivity index (χ0) is 22.2. The first-order valence-corrected chi connectivity index (χ1v) is 10.7. The molecule has 3 aromatic rings. The largest absolute Gasteiger partial charge is 0.356 e. The van der Waals surface area contributed by atoms with Crippen LogP contribution < -0.4 is 5.56 Å². The minimum absolute atomic E-state index is 0.0915. The van der Waals surface area contributed by atoms with E-state index in [2.05, 4.69) is 15.4 Å². The molecule has 7 nitrogen and oxygen atoms in total. The van der Waals surface area contributed by atoms with Crippen LogP contribution in [0.3, 0.4) is 0 Å². The van der Waals surface area contributed by atoms with E-state index in [9.17, 15) is 9.59 Å². The SMILES string of the molecule is Cc1cc(-c2cc(=O)[nH]nc2C2CCN(C(=O)C(C)(C)c3ccc(Cl)cc3)CC2)on1. The maximum atomic E-state index is 13.3. The maximum absolute atomic E-state index is 13.3. The van der Waals surface area contributed by atoms with Crippen molar-refractivity contribution in [2.45, 2.75) is 44.9 Å². The molecule has 31 heavy (non-hydrogen) atoms. The molecule has 0 bridgehead atoms. The number of H-pyrrole nitrogens is 1. The number of nitrogens with one attached hydrogen (secondary N) is 1. The third-order valence-corrected chi connectivity index (χ3v) is 6.25.